The summed E-state index contributed by atoms with van der Waals surface area (Å²) in [5.74, 6) is 1.49. The summed E-state index contributed by atoms with van der Waals surface area (Å²) in [5, 5.41) is 5.93. The monoisotopic (exact) mass is 280 g/mol. The van der Waals surface area contributed by atoms with Crippen LogP contribution in [-0.4, -0.2) is 30.1 Å². The van der Waals surface area contributed by atoms with Gasteiger partial charge in [-0.2, -0.15) is 0 Å². The summed E-state index contributed by atoms with van der Waals surface area (Å²) in [6, 6.07) is 5.77. The average molecular weight is 280 g/mol. The Kier molecular flexibility index (Phi) is 5.43. The zero-order valence-corrected chi connectivity index (χ0v) is 13.5. The van der Waals surface area contributed by atoms with Gasteiger partial charge in [0.2, 0.25) is 0 Å². The maximum atomic E-state index is 3.75. The molecule has 19 heavy (non-hydrogen) atoms. The lowest BCUT2D eigenvalue weighted by Crippen LogP contribution is -2.57. The highest BCUT2D eigenvalue weighted by atomic mass is 32.1. The van der Waals surface area contributed by atoms with Crippen LogP contribution in [0.5, 0.6) is 0 Å². The van der Waals surface area contributed by atoms with E-state index in [1.807, 2.05) is 11.3 Å². The van der Waals surface area contributed by atoms with Crippen molar-refractivity contribution in [3.05, 3.63) is 22.4 Å². The largest absolute Gasteiger partial charge is 0.311 e. The highest BCUT2D eigenvalue weighted by molar-refractivity contribution is 7.09. The van der Waals surface area contributed by atoms with E-state index in [4.69, 9.17) is 0 Å². The summed E-state index contributed by atoms with van der Waals surface area (Å²) in [4.78, 5) is 4.20. The average Bonchev–Trinajstić information content (AvgIpc) is 2.83. The number of piperazine rings is 1. The van der Waals surface area contributed by atoms with Crippen molar-refractivity contribution in [2.45, 2.75) is 52.7 Å². The van der Waals surface area contributed by atoms with Gasteiger partial charge in [0.15, 0.2) is 0 Å². The first-order valence-corrected chi connectivity index (χ1v) is 8.44. The van der Waals surface area contributed by atoms with E-state index in [0.717, 1.165) is 19.0 Å². The van der Waals surface area contributed by atoms with Gasteiger partial charge in [-0.05, 0) is 29.7 Å². The van der Waals surface area contributed by atoms with Crippen LogP contribution < -0.4 is 5.32 Å². The van der Waals surface area contributed by atoms with Crippen molar-refractivity contribution < 1.29 is 0 Å². The molecule has 0 spiro atoms. The van der Waals surface area contributed by atoms with Crippen molar-refractivity contribution in [3.8, 4) is 0 Å². The number of thiophene rings is 1. The molecule has 2 nitrogen and oxygen atoms in total. The van der Waals surface area contributed by atoms with E-state index in [9.17, 15) is 0 Å². The van der Waals surface area contributed by atoms with Gasteiger partial charge in [0.1, 0.15) is 0 Å². The quantitative estimate of drug-likeness (QED) is 0.886. The van der Waals surface area contributed by atoms with E-state index in [0.29, 0.717) is 18.0 Å². The molecule has 1 fully saturated rings. The first-order valence-electron chi connectivity index (χ1n) is 7.56. The molecule has 1 N–H and O–H groups in total. The standard InChI is InChI=1S/C16H28N2S/c1-12(2)8-14-9-17-16(13(3)4)11-18(14)10-15-6-5-7-19-15/h5-7,12-14,16-17H,8-11H2,1-4H3. The van der Waals surface area contributed by atoms with Crippen LogP contribution in [-0.2, 0) is 6.54 Å². The fraction of sp³-hybridized carbons (Fsp3) is 0.750. The van der Waals surface area contributed by atoms with Crippen LogP contribution in [0.3, 0.4) is 0 Å². The Labute approximate surface area is 122 Å². The van der Waals surface area contributed by atoms with Crippen molar-refractivity contribution in [3.63, 3.8) is 0 Å². The first kappa shape index (κ1) is 15.0. The molecule has 1 aliphatic rings. The Balaban J connectivity index is 2.02. The molecule has 2 rings (SSSR count). The van der Waals surface area contributed by atoms with Crippen molar-refractivity contribution in [1.82, 2.24) is 10.2 Å². The van der Waals surface area contributed by atoms with Crippen molar-refractivity contribution in [2.24, 2.45) is 11.8 Å². The van der Waals surface area contributed by atoms with E-state index in [-0.39, 0.29) is 0 Å². The van der Waals surface area contributed by atoms with Gasteiger partial charge >= 0.3 is 0 Å². The number of hydrogen-bond acceptors (Lipinski definition) is 3. The van der Waals surface area contributed by atoms with Crippen LogP contribution in [0, 0.1) is 11.8 Å². The summed E-state index contributed by atoms with van der Waals surface area (Å²) >= 11 is 1.89. The maximum Gasteiger partial charge on any atom is 0.0332 e. The molecule has 1 saturated heterocycles. The van der Waals surface area contributed by atoms with Gasteiger partial charge in [-0.3, -0.25) is 4.90 Å². The Morgan fingerprint density at radius 1 is 1.37 bits per heavy atom. The lowest BCUT2D eigenvalue weighted by molar-refractivity contribution is 0.0934. The SMILES string of the molecule is CC(C)CC1CNC(C(C)C)CN1Cc1cccs1. The molecule has 108 valence electrons. The van der Waals surface area contributed by atoms with Gasteiger partial charge < -0.3 is 5.32 Å². The predicted octanol–water partition coefficient (Wildman–Crippen LogP) is 3.59. The molecule has 1 aromatic heterocycles. The number of nitrogens with one attached hydrogen (secondary N) is 1. The van der Waals surface area contributed by atoms with Crippen molar-refractivity contribution in [2.75, 3.05) is 13.1 Å². The molecule has 0 saturated carbocycles. The second kappa shape index (κ2) is 6.87. The summed E-state index contributed by atoms with van der Waals surface area (Å²) in [5.41, 5.74) is 0. The van der Waals surface area contributed by atoms with E-state index in [1.54, 1.807) is 0 Å². The van der Waals surface area contributed by atoms with Gasteiger partial charge in [-0.25, -0.2) is 0 Å². The third kappa shape index (κ3) is 4.30. The normalized spacial score (nSPS) is 25.4. The number of nitrogens with zero attached hydrogens (tertiary/aromatic N) is 1. The van der Waals surface area contributed by atoms with Crippen molar-refractivity contribution >= 4 is 11.3 Å². The van der Waals surface area contributed by atoms with Crippen molar-refractivity contribution in [1.29, 1.82) is 0 Å². The third-order valence-electron chi connectivity index (χ3n) is 4.05. The van der Waals surface area contributed by atoms with Crippen LogP contribution in [0.1, 0.15) is 39.0 Å². The summed E-state index contributed by atoms with van der Waals surface area (Å²) < 4.78 is 0. The lowest BCUT2D eigenvalue weighted by atomic mass is 9.95. The molecule has 0 bridgehead atoms. The molecule has 1 aromatic rings. The molecule has 3 heteroatoms. The first-order chi connectivity index (χ1) is 9.06. The summed E-state index contributed by atoms with van der Waals surface area (Å²) in [7, 11) is 0. The van der Waals surface area contributed by atoms with Crippen LogP contribution in [0.15, 0.2) is 17.5 Å². The van der Waals surface area contributed by atoms with Gasteiger partial charge in [-0.1, -0.05) is 33.8 Å². The van der Waals surface area contributed by atoms with Gasteiger partial charge in [0.05, 0.1) is 0 Å². The van der Waals surface area contributed by atoms with E-state index < -0.39 is 0 Å². The van der Waals surface area contributed by atoms with Gasteiger partial charge in [-0.15, -0.1) is 11.3 Å². The fourth-order valence-corrected chi connectivity index (χ4v) is 3.63. The van der Waals surface area contributed by atoms with E-state index >= 15 is 0 Å². The van der Waals surface area contributed by atoms with Crippen LogP contribution in [0.25, 0.3) is 0 Å². The zero-order chi connectivity index (χ0) is 13.8. The Morgan fingerprint density at radius 3 is 2.74 bits per heavy atom. The molecule has 0 amide bonds. The second-order valence-corrected chi connectivity index (χ2v) is 7.58. The van der Waals surface area contributed by atoms with E-state index in [2.05, 4.69) is 55.4 Å². The topological polar surface area (TPSA) is 15.3 Å². The number of hydrogen-bond donors (Lipinski definition) is 1. The summed E-state index contributed by atoms with van der Waals surface area (Å²) in [6.45, 7) is 12.8. The minimum Gasteiger partial charge on any atom is -0.311 e. The molecular formula is C16H28N2S. The maximum absolute atomic E-state index is 3.75. The van der Waals surface area contributed by atoms with Gasteiger partial charge in [0.25, 0.3) is 0 Å². The molecule has 1 aliphatic heterocycles. The highest BCUT2D eigenvalue weighted by Crippen LogP contribution is 2.22. The Bertz CT molecular complexity index is 359. The third-order valence-corrected chi connectivity index (χ3v) is 4.91. The molecule has 0 aromatic carbocycles. The molecular weight excluding hydrogens is 252 g/mol. The molecule has 0 radical (unpaired) electrons. The second-order valence-electron chi connectivity index (χ2n) is 6.55. The minimum atomic E-state index is 0.642. The molecule has 0 aliphatic carbocycles. The lowest BCUT2D eigenvalue weighted by Gasteiger charge is -2.42. The Morgan fingerprint density at radius 2 is 2.16 bits per heavy atom. The van der Waals surface area contributed by atoms with Crippen LogP contribution in [0.2, 0.25) is 0 Å². The van der Waals surface area contributed by atoms with Gasteiger partial charge in [0, 0.05) is 36.6 Å². The van der Waals surface area contributed by atoms with Crippen LogP contribution >= 0.6 is 11.3 Å². The number of rotatable bonds is 5. The highest BCUT2D eigenvalue weighted by Gasteiger charge is 2.29. The molecule has 2 unspecified atom stereocenters. The van der Waals surface area contributed by atoms with E-state index in [1.165, 1.54) is 17.8 Å². The molecule has 2 atom stereocenters. The molecule has 2 heterocycles. The summed E-state index contributed by atoms with van der Waals surface area (Å²) in [6.07, 6.45) is 1.29. The van der Waals surface area contributed by atoms with Crippen LogP contribution in [0.4, 0.5) is 0 Å². The smallest absolute Gasteiger partial charge is 0.0332 e. The predicted molar refractivity (Wildman–Crippen MR) is 84.6 cm³/mol. The fourth-order valence-electron chi connectivity index (χ4n) is 2.90. The minimum absolute atomic E-state index is 0.642. The zero-order valence-electron chi connectivity index (χ0n) is 12.7. The Hall–Kier alpha value is -0.380.